The summed E-state index contributed by atoms with van der Waals surface area (Å²) >= 11 is 0. The Labute approximate surface area is 134 Å². The zero-order valence-corrected chi connectivity index (χ0v) is 13.8. The Morgan fingerprint density at radius 1 is 1.23 bits per heavy atom. The second kappa shape index (κ2) is 7.75. The Kier molecular flexibility index (Phi) is 5.98. The highest BCUT2D eigenvalue weighted by Crippen LogP contribution is 2.31. The molecule has 4 heteroatoms. The van der Waals surface area contributed by atoms with E-state index in [-0.39, 0.29) is 17.4 Å². The molecule has 1 saturated carbocycles. The van der Waals surface area contributed by atoms with E-state index >= 15 is 0 Å². The number of amides is 1. The Bertz CT molecular complexity index is 466. The van der Waals surface area contributed by atoms with Gasteiger partial charge >= 0.3 is 0 Å². The first-order valence-electron chi connectivity index (χ1n) is 8.29. The van der Waals surface area contributed by atoms with Crippen LogP contribution in [0.1, 0.15) is 43.6 Å². The van der Waals surface area contributed by atoms with Crippen LogP contribution in [0.3, 0.4) is 0 Å². The summed E-state index contributed by atoms with van der Waals surface area (Å²) in [5.74, 6) is -0.218. The number of likely N-dealkylation sites (N-methyl/N-ethyl adjacent to an activating group) is 1. The first-order valence-corrected chi connectivity index (χ1v) is 8.29. The topological polar surface area (TPSA) is 58.4 Å². The second-order valence-corrected chi connectivity index (χ2v) is 6.60. The fourth-order valence-electron chi connectivity index (χ4n) is 3.45. The molecule has 1 atom stereocenters. The van der Waals surface area contributed by atoms with Crippen molar-refractivity contribution in [2.75, 3.05) is 27.2 Å². The number of nitrogens with zero attached hydrogens (tertiary/aromatic N) is 1. The Hall–Kier alpha value is -1.39. The van der Waals surface area contributed by atoms with Crippen LogP contribution in [-0.2, 0) is 4.79 Å². The molecule has 0 saturated heterocycles. The minimum absolute atomic E-state index is 0.0421. The number of rotatable bonds is 6. The standard InChI is InChI=1S/C18H29N3O/c1-21(2)18(11-7-4-8-12-18)14-20-17(22)16(13-19)15-9-5-3-6-10-15/h3,5-6,9-10,16H,4,7-8,11-14,19H2,1-2H3,(H,20,22). The summed E-state index contributed by atoms with van der Waals surface area (Å²) in [6, 6.07) is 9.80. The summed E-state index contributed by atoms with van der Waals surface area (Å²) in [4.78, 5) is 14.9. The van der Waals surface area contributed by atoms with Crippen LogP contribution < -0.4 is 11.1 Å². The quantitative estimate of drug-likeness (QED) is 0.846. The van der Waals surface area contributed by atoms with Gasteiger partial charge < -0.3 is 16.0 Å². The van der Waals surface area contributed by atoms with E-state index in [0.29, 0.717) is 13.1 Å². The average molecular weight is 303 g/mol. The normalized spacial score (nSPS) is 18.9. The van der Waals surface area contributed by atoms with Crippen LogP contribution in [0.5, 0.6) is 0 Å². The van der Waals surface area contributed by atoms with Crippen LogP contribution in [0, 0.1) is 0 Å². The monoisotopic (exact) mass is 303 g/mol. The van der Waals surface area contributed by atoms with Crippen LogP contribution >= 0.6 is 0 Å². The average Bonchev–Trinajstić information content (AvgIpc) is 2.55. The lowest BCUT2D eigenvalue weighted by molar-refractivity contribution is -0.123. The van der Waals surface area contributed by atoms with E-state index in [9.17, 15) is 4.79 Å². The molecule has 4 nitrogen and oxygen atoms in total. The second-order valence-electron chi connectivity index (χ2n) is 6.60. The number of carbonyl (C=O) groups excluding carboxylic acids is 1. The van der Waals surface area contributed by atoms with Crippen LogP contribution in [0.15, 0.2) is 30.3 Å². The van der Waals surface area contributed by atoms with Crippen molar-refractivity contribution in [2.45, 2.75) is 43.6 Å². The first kappa shape index (κ1) is 17.0. The number of nitrogens with one attached hydrogen (secondary N) is 1. The lowest BCUT2D eigenvalue weighted by Gasteiger charge is -2.43. The minimum Gasteiger partial charge on any atom is -0.354 e. The van der Waals surface area contributed by atoms with Crippen molar-refractivity contribution in [1.82, 2.24) is 10.2 Å². The highest BCUT2D eigenvalue weighted by atomic mass is 16.1. The van der Waals surface area contributed by atoms with Crippen molar-refractivity contribution in [1.29, 1.82) is 0 Å². The summed E-state index contributed by atoms with van der Waals surface area (Å²) < 4.78 is 0. The van der Waals surface area contributed by atoms with Crippen LogP contribution in [0.25, 0.3) is 0 Å². The smallest absolute Gasteiger partial charge is 0.228 e. The molecule has 0 aliphatic heterocycles. The van der Waals surface area contributed by atoms with Gasteiger partial charge in [0.05, 0.1) is 5.92 Å². The third kappa shape index (κ3) is 3.87. The number of nitrogens with two attached hydrogens (primary N) is 1. The summed E-state index contributed by atoms with van der Waals surface area (Å²) in [5, 5.41) is 3.16. The molecular weight excluding hydrogens is 274 g/mol. The maximum Gasteiger partial charge on any atom is 0.228 e. The molecule has 0 spiro atoms. The maximum atomic E-state index is 12.6. The van der Waals surface area contributed by atoms with E-state index in [4.69, 9.17) is 5.73 Å². The number of carbonyl (C=O) groups is 1. The molecule has 1 aliphatic carbocycles. The molecular formula is C18H29N3O. The predicted octanol–water partition coefficient (Wildman–Crippen LogP) is 2.11. The van der Waals surface area contributed by atoms with Gasteiger partial charge in [0.1, 0.15) is 0 Å². The van der Waals surface area contributed by atoms with Gasteiger partial charge in [-0.15, -0.1) is 0 Å². The van der Waals surface area contributed by atoms with Crippen molar-refractivity contribution in [3.05, 3.63) is 35.9 Å². The van der Waals surface area contributed by atoms with Crippen molar-refractivity contribution >= 4 is 5.91 Å². The van der Waals surface area contributed by atoms with Gasteiger partial charge in [-0.1, -0.05) is 49.6 Å². The molecule has 2 rings (SSSR count). The van der Waals surface area contributed by atoms with Crippen molar-refractivity contribution < 1.29 is 4.79 Å². The summed E-state index contributed by atoms with van der Waals surface area (Å²) in [7, 11) is 4.24. The fraction of sp³-hybridized carbons (Fsp3) is 0.611. The molecule has 122 valence electrons. The molecule has 0 radical (unpaired) electrons. The van der Waals surface area contributed by atoms with Crippen LogP contribution in [0.4, 0.5) is 0 Å². The van der Waals surface area contributed by atoms with Gasteiger partial charge in [-0.2, -0.15) is 0 Å². The summed E-state index contributed by atoms with van der Waals surface area (Å²) in [6.45, 7) is 1.05. The number of hydrogen-bond donors (Lipinski definition) is 2. The molecule has 3 N–H and O–H groups in total. The fourth-order valence-corrected chi connectivity index (χ4v) is 3.45. The third-order valence-corrected chi connectivity index (χ3v) is 5.08. The zero-order chi connectivity index (χ0) is 16.0. The van der Waals surface area contributed by atoms with E-state index in [1.807, 2.05) is 30.3 Å². The lowest BCUT2D eigenvalue weighted by atomic mass is 9.80. The number of benzene rings is 1. The van der Waals surface area contributed by atoms with Gasteiger partial charge in [0.25, 0.3) is 0 Å². The van der Waals surface area contributed by atoms with Gasteiger partial charge in [-0.3, -0.25) is 4.79 Å². The largest absolute Gasteiger partial charge is 0.354 e. The third-order valence-electron chi connectivity index (χ3n) is 5.08. The molecule has 0 aromatic heterocycles. The molecule has 1 aliphatic rings. The SMILES string of the molecule is CN(C)C1(CNC(=O)C(CN)c2ccccc2)CCCCC1. The Balaban J connectivity index is 2.01. The van der Waals surface area contributed by atoms with Crippen molar-refractivity contribution in [3.63, 3.8) is 0 Å². The van der Waals surface area contributed by atoms with Gasteiger partial charge in [-0.25, -0.2) is 0 Å². The molecule has 22 heavy (non-hydrogen) atoms. The molecule has 0 heterocycles. The van der Waals surface area contributed by atoms with Gasteiger partial charge in [0.15, 0.2) is 0 Å². The first-order chi connectivity index (χ1) is 10.6. The van der Waals surface area contributed by atoms with E-state index in [2.05, 4.69) is 24.3 Å². The highest BCUT2D eigenvalue weighted by Gasteiger charge is 2.35. The Morgan fingerprint density at radius 3 is 2.41 bits per heavy atom. The molecule has 1 amide bonds. The van der Waals surface area contributed by atoms with E-state index in [1.165, 1.54) is 19.3 Å². The summed E-state index contributed by atoms with van der Waals surface area (Å²) in [5.41, 5.74) is 6.93. The predicted molar refractivity (Wildman–Crippen MR) is 90.8 cm³/mol. The van der Waals surface area contributed by atoms with Crippen LogP contribution in [0.2, 0.25) is 0 Å². The molecule has 1 unspecified atom stereocenters. The van der Waals surface area contributed by atoms with E-state index in [0.717, 1.165) is 18.4 Å². The maximum absolute atomic E-state index is 12.6. The van der Waals surface area contributed by atoms with Gasteiger partial charge in [0.2, 0.25) is 5.91 Å². The molecule has 1 fully saturated rings. The van der Waals surface area contributed by atoms with Crippen LogP contribution in [-0.4, -0.2) is 43.5 Å². The molecule has 1 aromatic rings. The zero-order valence-electron chi connectivity index (χ0n) is 13.8. The van der Waals surface area contributed by atoms with Gasteiger partial charge in [0, 0.05) is 18.6 Å². The lowest BCUT2D eigenvalue weighted by Crippen LogP contribution is -2.54. The van der Waals surface area contributed by atoms with Crippen molar-refractivity contribution in [3.8, 4) is 0 Å². The Morgan fingerprint density at radius 2 is 1.86 bits per heavy atom. The molecule has 1 aromatic carbocycles. The van der Waals surface area contributed by atoms with E-state index < -0.39 is 0 Å². The number of hydrogen-bond acceptors (Lipinski definition) is 3. The molecule has 0 bridgehead atoms. The minimum atomic E-state index is -0.260. The van der Waals surface area contributed by atoms with Gasteiger partial charge in [-0.05, 0) is 32.5 Å². The van der Waals surface area contributed by atoms with E-state index in [1.54, 1.807) is 0 Å². The van der Waals surface area contributed by atoms with Crippen molar-refractivity contribution in [2.24, 2.45) is 5.73 Å². The summed E-state index contributed by atoms with van der Waals surface area (Å²) in [6.07, 6.45) is 6.09. The highest BCUT2D eigenvalue weighted by molar-refractivity contribution is 5.84.